The maximum absolute atomic E-state index is 12.4. The predicted octanol–water partition coefficient (Wildman–Crippen LogP) is -6.16. The Morgan fingerprint density at radius 3 is 2.31 bits per heavy atom. The number of primary amides is 1. The van der Waals surface area contributed by atoms with E-state index in [1.807, 2.05) is 6.92 Å². The fraction of sp³-hybridized carbons (Fsp3) is 0.522. The molecule has 0 radical (unpaired) electrons. The number of phosphoric acid groups is 2. The number of amides is 1. The molecular formula is C23H30N7NaO14P2S. The molecule has 0 aromatic carbocycles. The molecule has 1 amide bonds. The first-order valence-corrected chi connectivity index (χ1v) is 17.6. The Bertz CT molecular complexity index is 1730. The molecular weight excluding hydrogens is 715 g/mol. The molecule has 2 fully saturated rings. The Hall–Kier alpha value is -1.66. The SMILES string of the molecule is CCSc1nc2c(N)ncnc2n1[C@@H]1O[C@H](COP(=O)([O-])OP(=O)([O-])OC[C@H]2O[C@@H]([n+]3cccc(C(N)=O)c3)[C@H](O)[C@@H]2O)[C@@H](O)[C@H]1O.[Na+]. The number of nitrogen functional groups attached to an aromatic ring is 1. The van der Waals surface area contributed by atoms with Crippen molar-refractivity contribution in [3.05, 3.63) is 36.4 Å². The number of ether oxygens (including phenoxy) is 2. The van der Waals surface area contributed by atoms with Crippen molar-refractivity contribution < 1.29 is 101 Å². The number of imidazole rings is 1. The zero-order valence-corrected chi connectivity index (χ0v) is 29.8. The predicted molar refractivity (Wildman–Crippen MR) is 151 cm³/mol. The van der Waals surface area contributed by atoms with Gasteiger partial charge in [-0.15, -0.1) is 0 Å². The Kier molecular flexibility index (Phi) is 12.8. The van der Waals surface area contributed by atoms with Gasteiger partial charge in [-0.25, -0.2) is 19.3 Å². The third-order valence-corrected chi connectivity index (χ3v) is 10.4. The van der Waals surface area contributed by atoms with Crippen molar-refractivity contribution in [1.82, 2.24) is 19.5 Å². The Labute approximate surface area is 297 Å². The van der Waals surface area contributed by atoms with Crippen LogP contribution >= 0.6 is 27.4 Å². The summed E-state index contributed by atoms with van der Waals surface area (Å²) in [4.78, 5) is 48.6. The summed E-state index contributed by atoms with van der Waals surface area (Å²) in [5.74, 6) is -0.190. The van der Waals surface area contributed by atoms with Gasteiger partial charge in [-0.2, -0.15) is 4.57 Å². The molecule has 3 aromatic heterocycles. The van der Waals surface area contributed by atoms with Crippen molar-refractivity contribution in [1.29, 1.82) is 0 Å². The molecule has 21 nitrogen and oxygen atoms in total. The molecule has 0 spiro atoms. The smallest absolute Gasteiger partial charge is 0.756 e. The van der Waals surface area contributed by atoms with Crippen LogP contribution in [0, 0.1) is 0 Å². The van der Waals surface area contributed by atoms with Gasteiger partial charge in [0, 0.05) is 6.07 Å². The standard InChI is InChI=1S/C23H31N7O14P2S.Na/c1-2-47-23-28-13-18(24)26-9-27-20(13)30(23)22-17(34)15(32)12(43-22)8-41-46(38,39)44-45(36,37)40-7-11-14(31)16(33)21(42-11)29-5-3-4-10(6-29)19(25)35;/h3-6,9,11-12,14-17,21-22,31-34H,2,7-8H2,1H3,(H5-,24,25,26,27,35,36,37,38,39);/q;+1/p-1/t11-,12-,14-,15-,16-,17-,21-,22-;/m1./s1. The number of fused-ring (bicyclic) bond motifs is 1. The van der Waals surface area contributed by atoms with Crippen molar-refractivity contribution >= 4 is 50.3 Å². The summed E-state index contributed by atoms with van der Waals surface area (Å²) in [5, 5.41) is 42.4. The molecule has 0 saturated carbocycles. The molecule has 2 unspecified atom stereocenters. The largest absolute Gasteiger partial charge is 1.00 e. The molecule has 5 heterocycles. The third kappa shape index (κ3) is 8.44. The number of aliphatic hydroxyl groups excluding tert-OH is 4. The van der Waals surface area contributed by atoms with Gasteiger partial charge in [-0.05, 0) is 11.8 Å². The number of carbonyl (C=O) groups is 1. The van der Waals surface area contributed by atoms with Gasteiger partial charge in [-0.1, -0.05) is 18.7 Å². The molecule has 3 aromatic rings. The molecule has 48 heavy (non-hydrogen) atoms. The molecule has 0 bridgehead atoms. The minimum Gasteiger partial charge on any atom is -0.756 e. The van der Waals surface area contributed by atoms with Crippen LogP contribution < -0.4 is 55.4 Å². The molecule has 2 aliphatic heterocycles. The van der Waals surface area contributed by atoms with E-state index in [-0.39, 0.29) is 52.1 Å². The van der Waals surface area contributed by atoms with Crippen molar-refractivity contribution in [2.75, 3.05) is 24.7 Å². The number of hydrogen-bond donors (Lipinski definition) is 6. The zero-order valence-electron chi connectivity index (χ0n) is 25.2. The van der Waals surface area contributed by atoms with E-state index >= 15 is 0 Å². The Morgan fingerprint density at radius 1 is 1.06 bits per heavy atom. The van der Waals surface area contributed by atoms with Gasteiger partial charge in [-0.3, -0.25) is 18.5 Å². The number of anilines is 1. The molecule has 25 heteroatoms. The normalized spacial score (nSPS) is 29.7. The second-order valence-electron chi connectivity index (χ2n) is 10.2. The monoisotopic (exact) mass is 745 g/mol. The number of pyridine rings is 1. The van der Waals surface area contributed by atoms with Crippen molar-refractivity contribution in [3.63, 3.8) is 0 Å². The maximum Gasteiger partial charge on any atom is 1.00 e. The number of thioether (sulfide) groups is 1. The zero-order chi connectivity index (χ0) is 34.3. The quantitative estimate of drug-likeness (QED) is 0.0410. The van der Waals surface area contributed by atoms with Gasteiger partial charge < -0.3 is 60.2 Å². The van der Waals surface area contributed by atoms with E-state index in [0.29, 0.717) is 10.9 Å². The van der Waals surface area contributed by atoms with Crippen molar-refractivity contribution in [2.45, 2.75) is 61.2 Å². The summed E-state index contributed by atoms with van der Waals surface area (Å²) in [5.41, 5.74) is 11.6. The first-order chi connectivity index (χ1) is 22.1. The fourth-order valence-electron chi connectivity index (χ4n) is 4.86. The number of phosphoric ester groups is 2. The Balaban J connectivity index is 0.00000520. The topological polar surface area (TPSA) is 324 Å². The summed E-state index contributed by atoms with van der Waals surface area (Å²) >= 11 is 1.24. The third-order valence-electron chi connectivity index (χ3n) is 7.07. The van der Waals surface area contributed by atoms with E-state index in [0.717, 1.165) is 6.33 Å². The van der Waals surface area contributed by atoms with Gasteiger partial charge in [0.15, 0.2) is 46.9 Å². The van der Waals surface area contributed by atoms with Gasteiger partial charge in [0.2, 0.25) is 0 Å². The Morgan fingerprint density at radius 2 is 1.69 bits per heavy atom. The number of rotatable bonds is 13. The molecule has 10 atom stereocenters. The van der Waals surface area contributed by atoms with Crippen LogP contribution in [0.15, 0.2) is 36.0 Å². The summed E-state index contributed by atoms with van der Waals surface area (Å²) < 4.78 is 51.8. The first-order valence-electron chi connectivity index (χ1n) is 13.7. The fourth-order valence-corrected chi connectivity index (χ4v) is 7.62. The first kappa shape index (κ1) is 39.1. The summed E-state index contributed by atoms with van der Waals surface area (Å²) in [6.07, 6.45) is -8.51. The number of aliphatic hydroxyl groups is 4. The molecule has 2 aliphatic rings. The number of nitrogens with zero attached hydrogens (tertiary/aromatic N) is 5. The van der Waals surface area contributed by atoms with Crippen LogP contribution in [0.25, 0.3) is 11.2 Å². The maximum atomic E-state index is 12.4. The van der Waals surface area contributed by atoms with Crippen LogP contribution in [-0.4, -0.2) is 101 Å². The number of nitrogens with two attached hydrogens (primary N) is 2. The van der Waals surface area contributed by atoms with Gasteiger partial charge in [0.25, 0.3) is 27.8 Å². The van der Waals surface area contributed by atoms with Crippen LogP contribution in [0.4, 0.5) is 5.82 Å². The minimum absolute atomic E-state index is 0. The minimum atomic E-state index is -5.71. The van der Waals surface area contributed by atoms with E-state index in [4.69, 9.17) is 20.9 Å². The van der Waals surface area contributed by atoms with E-state index in [1.165, 1.54) is 45.4 Å². The van der Waals surface area contributed by atoms with Gasteiger partial charge in [0.05, 0.1) is 13.2 Å². The summed E-state index contributed by atoms with van der Waals surface area (Å²) in [6, 6.07) is 2.81. The van der Waals surface area contributed by atoms with Crippen molar-refractivity contribution in [2.24, 2.45) is 5.73 Å². The number of hydrogen-bond acceptors (Lipinski definition) is 19. The second kappa shape index (κ2) is 15.7. The number of carbonyl (C=O) groups excluding carboxylic acids is 1. The van der Waals surface area contributed by atoms with E-state index in [1.54, 1.807) is 0 Å². The molecule has 8 N–H and O–H groups in total. The van der Waals surface area contributed by atoms with Gasteiger partial charge >= 0.3 is 29.6 Å². The van der Waals surface area contributed by atoms with E-state index in [9.17, 15) is 44.1 Å². The van der Waals surface area contributed by atoms with Crippen LogP contribution in [0.3, 0.4) is 0 Å². The molecule has 5 rings (SSSR count). The molecule has 258 valence electrons. The van der Waals surface area contributed by atoms with Crippen LogP contribution in [0.5, 0.6) is 0 Å². The summed E-state index contributed by atoms with van der Waals surface area (Å²) in [7, 11) is -11.4. The summed E-state index contributed by atoms with van der Waals surface area (Å²) in [6.45, 7) is -0.149. The van der Waals surface area contributed by atoms with E-state index < -0.39 is 83.8 Å². The van der Waals surface area contributed by atoms with E-state index in [2.05, 4.69) is 28.3 Å². The van der Waals surface area contributed by atoms with Crippen LogP contribution in [0.1, 0.15) is 29.7 Å². The number of aromatic nitrogens is 5. The average Bonchev–Trinajstić information content (AvgIpc) is 3.62. The average molecular weight is 746 g/mol. The van der Waals surface area contributed by atoms with Crippen LogP contribution in [0.2, 0.25) is 0 Å². The van der Waals surface area contributed by atoms with Gasteiger partial charge in [0.1, 0.15) is 42.4 Å². The van der Waals surface area contributed by atoms with Crippen molar-refractivity contribution in [3.8, 4) is 0 Å². The molecule has 0 aliphatic carbocycles. The molecule has 2 saturated heterocycles. The van der Waals surface area contributed by atoms with Crippen LogP contribution in [-0.2, 0) is 32.0 Å². The second-order valence-corrected chi connectivity index (χ2v) is 14.4.